The molecule has 1 N–H and O–H groups in total. The zero-order chi connectivity index (χ0) is 15.1. The number of ether oxygens (including phenoxy) is 1. The topological polar surface area (TPSA) is 21.3 Å². The van der Waals surface area contributed by atoms with Crippen LogP contribution >= 0.6 is 11.6 Å². The van der Waals surface area contributed by atoms with Crippen molar-refractivity contribution in [2.24, 2.45) is 5.92 Å². The SMILES string of the molecule is CC(C)CNCc1cccc(COc2ccccc2Cl)c1. The summed E-state index contributed by atoms with van der Waals surface area (Å²) in [5, 5.41) is 4.09. The lowest BCUT2D eigenvalue weighted by atomic mass is 10.1. The molecule has 0 heterocycles. The highest BCUT2D eigenvalue weighted by Gasteiger charge is 2.02. The molecule has 0 fully saturated rings. The fourth-order valence-electron chi connectivity index (χ4n) is 2.06. The molecule has 0 aromatic heterocycles. The van der Waals surface area contributed by atoms with Gasteiger partial charge >= 0.3 is 0 Å². The summed E-state index contributed by atoms with van der Waals surface area (Å²) in [6.45, 7) is 6.86. The molecular formula is C18H22ClNO. The number of benzene rings is 2. The van der Waals surface area contributed by atoms with E-state index in [1.165, 1.54) is 5.56 Å². The predicted molar refractivity (Wildman–Crippen MR) is 88.8 cm³/mol. The molecule has 2 nitrogen and oxygen atoms in total. The average molecular weight is 304 g/mol. The molecule has 2 rings (SSSR count). The zero-order valence-electron chi connectivity index (χ0n) is 12.6. The van der Waals surface area contributed by atoms with Crippen LogP contribution in [0.3, 0.4) is 0 Å². The maximum atomic E-state index is 6.08. The summed E-state index contributed by atoms with van der Waals surface area (Å²) in [5.74, 6) is 1.39. The van der Waals surface area contributed by atoms with Gasteiger partial charge in [-0.1, -0.05) is 61.8 Å². The van der Waals surface area contributed by atoms with Crippen LogP contribution in [0.15, 0.2) is 48.5 Å². The number of nitrogens with one attached hydrogen (secondary N) is 1. The summed E-state index contributed by atoms with van der Waals surface area (Å²) in [4.78, 5) is 0. The molecule has 21 heavy (non-hydrogen) atoms. The summed E-state index contributed by atoms with van der Waals surface area (Å²) >= 11 is 6.08. The first-order chi connectivity index (χ1) is 10.1. The maximum absolute atomic E-state index is 6.08. The van der Waals surface area contributed by atoms with Crippen LogP contribution in [0.2, 0.25) is 5.02 Å². The van der Waals surface area contributed by atoms with Gasteiger partial charge in [-0.2, -0.15) is 0 Å². The van der Waals surface area contributed by atoms with Crippen molar-refractivity contribution in [3.63, 3.8) is 0 Å². The van der Waals surface area contributed by atoms with Crippen LogP contribution in [0.1, 0.15) is 25.0 Å². The Kier molecular flexibility index (Phi) is 6.09. The van der Waals surface area contributed by atoms with Gasteiger partial charge in [0.15, 0.2) is 0 Å². The van der Waals surface area contributed by atoms with Crippen LogP contribution in [0.5, 0.6) is 5.75 Å². The molecule has 2 aromatic carbocycles. The van der Waals surface area contributed by atoms with E-state index in [4.69, 9.17) is 16.3 Å². The smallest absolute Gasteiger partial charge is 0.138 e. The second-order valence-corrected chi connectivity index (χ2v) is 5.97. The molecule has 0 aliphatic rings. The van der Waals surface area contributed by atoms with Gasteiger partial charge in [0.2, 0.25) is 0 Å². The van der Waals surface area contributed by atoms with Crippen molar-refractivity contribution in [2.75, 3.05) is 6.54 Å². The van der Waals surface area contributed by atoms with E-state index >= 15 is 0 Å². The van der Waals surface area contributed by atoms with Gasteiger partial charge < -0.3 is 10.1 Å². The highest BCUT2D eigenvalue weighted by molar-refractivity contribution is 6.32. The van der Waals surface area contributed by atoms with Gasteiger partial charge in [-0.25, -0.2) is 0 Å². The fraction of sp³-hybridized carbons (Fsp3) is 0.333. The molecule has 112 valence electrons. The third kappa shape index (κ3) is 5.41. The van der Waals surface area contributed by atoms with E-state index in [2.05, 4.69) is 43.4 Å². The molecule has 3 heteroatoms. The highest BCUT2D eigenvalue weighted by atomic mass is 35.5. The Bertz CT molecular complexity index is 569. The van der Waals surface area contributed by atoms with E-state index in [0.29, 0.717) is 17.5 Å². The van der Waals surface area contributed by atoms with Crippen molar-refractivity contribution in [1.29, 1.82) is 0 Å². The van der Waals surface area contributed by atoms with Crippen LogP contribution in [0.4, 0.5) is 0 Å². The summed E-state index contributed by atoms with van der Waals surface area (Å²) in [6.07, 6.45) is 0. The van der Waals surface area contributed by atoms with Gasteiger partial charge in [0.1, 0.15) is 12.4 Å². The zero-order valence-corrected chi connectivity index (χ0v) is 13.4. The van der Waals surface area contributed by atoms with Crippen LogP contribution < -0.4 is 10.1 Å². The van der Waals surface area contributed by atoms with Gasteiger partial charge in [0.05, 0.1) is 5.02 Å². The van der Waals surface area contributed by atoms with E-state index in [-0.39, 0.29) is 0 Å². The highest BCUT2D eigenvalue weighted by Crippen LogP contribution is 2.24. The quantitative estimate of drug-likeness (QED) is 0.803. The molecule has 2 aromatic rings. The maximum Gasteiger partial charge on any atom is 0.138 e. The Morgan fingerprint density at radius 3 is 2.57 bits per heavy atom. The van der Waals surface area contributed by atoms with Gasteiger partial charge in [0.25, 0.3) is 0 Å². The molecule has 0 saturated carbocycles. The number of halogens is 1. The number of rotatable bonds is 7. The Balaban J connectivity index is 1.90. The molecule has 0 bridgehead atoms. The van der Waals surface area contributed by atoms with Crippen molar-refractivity contribution in [1.82, 2.24) is 5.32 Å². The Labute approximate surface area is 132 Å². The second kappa shape index (κ2) is 8.06. The minimum Gasteiger partial charge on any atom is -0.487 e. The van der Waals surface area contributed by atoms with Crippen molar-refractivity contribution in [3.8, 4) is 5.75 Å². The fourth-order valence-corrected chi connectivity index (χ4v) is 2.25. The molecule has 0 aliphatic heterocycles. The molecule has 0 amide bonds. The third-order valence-corrected chi connectivity index (χ3v) is 3.42. The molecule has 0 atom stereocenters. The Hall–Kier alpha value is -1.51. The molecule has 0 radical (unpaired) electrons. The first kappa shape index (κ1) is 15.9. The first-order valence-electron chi connectivity index (χ1n) is 7.31. The summed E-state index contributed by atoms with van der Waals surface area (Å²) in [7, 11) is 0. The van der Waals surface area contributed by atoms with E-state index < -0.39 is 0 Å². The van der Waals surface area contributed by atoms with Crippen molar-refractivity contribution < 1.29 is 4.74 Å². The standard InChI is InChI=1S/C18H22ClNO/c1-14(2)11-20-12-15-6-5-7-16(10-15)13-21-18-9-4-3-8-17(18)19/h3-10,14,20H,11-13H2,1-2H3. The normalized spacial score (nSPS) is 10.9. The van der Waals surface area contributed by atoms with Crippen molar-refractivity contribution >= 4 is 11.6 Å². The first-order valence-corrected chi connectivity index (χ1v) is 7.69. The number of hydrogen-bond acceptors (Lipinski definition) is 2. The van der Waals surface area contributed by atoms with Crippen LogP contribution in [-0.4, -0.2) is 6.54 Å². The Morgan fingerprint density at radius 1 is 1.05 bits per heavy atom. The van der Waals surface area contributed by atoms with Crippen molar-refractivity contribution in [2.45, 2.75) is 27.0 Å². The average Bonchev–Trinajstić information content (AvgIpc) is 2.46. The van der Waals surface area contributed by atoms with Gasteiger partial charge in [0, 0.05) is 6.54 Å². The van der Waals surface area contributed by atoms with Gasteiger partial charge in [-0.05, 0) is 35.7 Å². The number of para-hydroxylation sites is 1. The summed E-state index contributed by atoms with van der Waals surface area (Å²) in [5.41, 5.74) is 2.43. The second-order valence-electron chi connectivity index (χ2n) is 5.56. The van der Waals surface area contributed by atoms with Crippen LogP contribution in [-0.2, 0) is 13.2 Å². The molecule has 0 spiro atoms. The summed E-state index contributed by atoms with van der Waals surface area (Å²) < 4.78 is 5.77. The van der Waals surface area contributed by atoms with E-state index in [0.717, 1.165) is 24.4 Å². The van der Waals surface area contributed by atoms with Gasteiger partial charge in [-0.3, -0.25) is 0 Å². The van der Waals surface area contributed by atoms with Crippen LogP contribution in [0, 0.1) is 5.92 Å². The molecular weight excluding hydrogens is 282 g/mol. The monoisotopic (exact) mass is 303 g/mol. The minimum atomic E-state index is 0.530. The minimum absolute atomic E-state index is 0.530. The lowest BCUT2D eigenvalue weighted by Gasteiger charge is -2.10. The van der Waals surface area contributed by atoms with Crippen LogP contribution in [0.25, 0.3) is 0 Å². The van der Waals surface area contributed by atoms with E-state index in [1.54, 1.807) is 0 Å². The molecule has 0 unspecified atom stereocenters. The lowest BCUT2D eigenvalue weighted by molar-refractivity contribution is 0.306. The van der Waals surface area contributed by atoms with E-state index in [1.807, 2.05) is 24.3 Å². The Morgan fingerprint density at radius 2 is 1.81 bits per heavy atom. The predicted octanol–water partition coefficient (Wildman–Crippen LogP) is 4.66. The summed E-state index contributed by atoms with van der Waals surface area (Å²) in [6, 6.07) is 16.0. The lowest BCUT2D eigenvalue weighted by Crippen LogP contribution is -2.19. The number of hydrogen-bond donors (Lipinski definition) is 1. The van der Waals surface area contributed by atoms with E-state index in [9.17, 15) is 0 Å². The van der Waals surface area contributed by atoms with Crippen molar-refractivity contribution in [3.05, 3.63) is 64.7 Å². The third-order valence-electron chi connectivity index (χ3n) is 3.10. The molecule has 0 aliphatic carbocycles. The van der Waals surface area contributed by atoms with Gasteiger partial charge in [-0.15, -0.1) is 0 Å². The molecule has 0 saturated heterocycles. The largest absolute Gasteiger partial charge is 0.487 e.